The zero-order chi connectivity index (χ0) is 15.2. The molecular formula is C15H13ClN4O. The number of aromatic nitrogens is 2. The molecule has 0 bridgehead atoms. The number of fused-ring (bicyclic) bond motifs is 1. The van der Waals surface area contributed by atoms with Crippen LogP contribution in [0.1, 0.15) is 18.0 Å². The number of rotatable bonds is 5. The van der Waals surface area contributed by atoms with Crippen LogP contribution in [0, 0.1) is 11.3 Å². The van der Waals surface area contributed by atoms with Crippen molar-refractivity contribution in [1.82, 2.24) is 15.3 Å². The maximum Gasteiger partial charge on any atom is 0.243 e. The third kappa shape index (κ3) is 3.36. The molecule has 5 nitrogen and oxygen atoms in total. The van der Waals surface area contributed by atoms with E-state index >= 15 is 0 Å². The number of nitrogens with one attached hydrogen (secondary N) is 1. The summed E-state index contributed by atoms with van der Waals surface area (Å²) in [5.41, 5.74) is 1.39. The highest BCUT2D eigenvalue weighted by Crippen LogP contribution is 2.23. The Morgan fingerprint density at radius 1 is 1.43 bits per heavy atom. The molecule has 0 aliphatic carbocycles. The molecule has 21 heavy (non-hydrogen) atoms. The first-order chi connectivity index (χ1) is 10.2. The highest BCUT2D eigenvalue weighted by Gasteiger charge is 2.25. The van der Waals surface area contributed by atoms with Gasteiger partial charge in [0.05, 0.1) is 17.1 Å². The van der Waals surface area contributed by atoms with E-state index in [1.54, 1.807) is 24.3 Å². The molecule has 2 rings (SSSR count). The van der Waals surface area contributed by atoms with Gasteiger partial charge in [-0.1, -0.05) is 29.8 Å². The summed E-state index contributed by atoms with van der Waals surface area (Å²) in [6, 6.07) is 9.07. The minimum Gasteiger partial charge on any atom is -0.354 e. The average Bonchev–Trinajstić information content (AvgIpc) is 2.49. The predicted molar refractivity (Wildman–Crippen MR) is 80.7 cm³/mol. The standard InChI is InChI=1S/C15H13ClN4O/c1-2-3-8-18-15(21)10(9-17)13-14(16)20-12-7-5-4-6-11(12)19-13/h2,4-7,10H,1,3,8H2,(H,18,21). The van der Waals surface area contributed by atoms with Crippen molar-refractivity contribution in [3.8, 4) is 6.07 Å². The maximum absolute atomic E-state index is 12.0. The van der Waals surface area contributed by atoms with Crippen LogP contribution in [0.4, 0.5) is 0 Å². The third-order valence-electron chi connectivity index (χ3n) is 2.87. The fourth-order valence-corrected chi connectivity index (χ4v) is 2.06. The zero-order valence-electron chi connectivity index (χ0n) is 11.2. The number of hydrogen-bond acceptors (Lipinski definition) is 4. The van der Waals surface area contributed by atoms with E-state index in [0.717, 1.165) is 0 Å². The van der Waals surface area contributed by atoms with E-state index in [9.17, 15) is 10.1 Å². The lowest BCUT2D eigenvalue weighted by Crippen LogP contribution is -2.30. The first-order valence-electron chi connectivity index (χ1n) is 6.37. The molecule has 0 saturated carbocycles. The van der Waals surface area contributed by atoms with E-state index in [1.807, 2.05) is 12.1 Å². The second kappa shape index (κ2) is 6.82. The van der Waals surface area contributed by atoms with Crippen LogP contribution in [0.5, 0.6) is 0 Å². The Bertz CT molecular complexity index is 723. The van der Waals surface area contributed by atoms with Gasteiger partial charge in [0.2, 0.25) is 5.91 Å². The number of hydrogen-bond donors (Lipinski definition) is 1. The van der Waals surface area contributed by atoms with Crippen molar-refractivity contribution in [2.45, 2.75) is 12.3 Å². The van der Waals surface area contributed by atoms with Crippen molar-refractivity contribution in [2.75, 3.05) is 6.54 Å². The van der Waals surface area contributed by atoms with Crippen LogP contribution in [-0.4, -0.2) is 22.4 Å². The Labute approximate surface area is 127 Å². The number of carbonyl (C=O) groups excluding carboxylic acids is 1. The molecule has 1 aromatic heterocycles. The molecule has 1 aromatic carbocycles. The van der Waals surface area contributed by atoms with Gasteiger partial charge < -0.3 is 5.32 Å². The van der Waals surface area contributed by atoms with Gasteiger partial charge in [-0.25, -0.2) is 9.97 Å². The van der Waals surface area contributed by atoms with Crippen molar-refractivity contribution < 1.29 is 4.79 Å². The van der Waals surface area contributed by atoms with E-state index in [2.05, 4.69) is 21.9 Å². The third-order valence-corrected chi connectivity index (χ3v) is 3.14. The maximum atomic E-state index is 12.0. The number of nitriles is 1. The molecule has 106 valence electrons. The lowest BCUT2D eigenvalue weighted by Gasteiger charge is -2.11. The predicted octanol–water partition coefficient (Wildman–Crippen LogP) is 2.58. The van der Waals surface area contributed by atoms with E-state index in [4.69, 9.17) is 11.6 Å². The van der Waals surface area contributed by atoms with Crippen LogP contribution in [0.2, 0.25) is 5.15 Å². The zero-order valence-corrected chi connectivity index (χ0v) is 12.0. The fourth-order valence-electron chi connectivity index (χ4n) is 1.82. The summed E-state index contributed by atoms with van der Waals surface area (Å²) in [4.78, 5) is 20.5. The molecule has 0 fully saturated rings. The van der Waals surface area contributed by atoms with Gasteiger partial charge in [-0.15, -0.1) is 6.58 Å². The van der Waals surface area contributed by atoms with Crippen molar-refractivity contribution in [2.24, 2.45) is 0 Å². The molecule has 0 radical (unpaired) electrons. The number of para-hydroxylation sites is 2. The van der Waals surface area contributed by atoms with Gasteiger partial charge in [-0.05, 0) is 18.6 Å². The molecule has 1 N–H and O–H groups in total. The molecule has 0 saturated heterocycles. The van der Waals surface area contributed by atoms with Gasteiger partial charge in [0.1, 0.15) is 5.69 Å². The minimum absolute atomic E-state index is 0.0686. The second-order valence-corrected chi connectivity index (χ2v) is 4.68. The van der Waals surface area contributed by atoms with Crippen LogP contribution < -0.4 is 5.32 Å². The van der Waals surface area contributed by atoms with E-state index in [-0.39, 0.29) is 10.8 Å². The summed E-state index contributed by atoms with van der Waals surface area (Å²) in [6.07, 6.45) is 2.31. The fraction of sp³-hybridized carbons (Fsp3) is 0.200. The molecule has 1 heterocycles. The number of carbonyl (C=O) groups is 1. The summed E-state index contributed by atoms with van der Waals surface area (Å²) < 4.78 is 0. The van der Waals surface area contributed by atoms with Gasteiger partial charge in [-0.2, -0.15) is 5.26 Å². The molecule has 6 heteroatoms. The highest BCUT2D eigenvalue weighted by atomic mass is 35.5. The summed E-state index contributed by atoms with van der Waals surface area (Å²) in [6.45, 7) is 3.99. The van der Waals surface area contributed by atoms with Crippen molar-refractivity contribution in [3.63, 3.8) is 0 Å². The van der Waals surface area contributed by atoms with Crippen molar-refractivity contribution in [1.29, 1.82) is 5.26 Å². The van der Waals surface area contributed by atoms with Crippen molar-refractivity contribution in [3.05, 3.63) is 47.8 Å². The summed E-state index contributed by atoms with van der Waals surface area (Å²) in [5.74, 6) is -1.52. The van der Waals surface area contributed by atoms with Crippen LogP contribution in [0.25, 0.3) is 11.0 Å². The molecule has 2 aromatic rings. The normalized spacial score (nSPS) is 11.6. The molecular weight excluding hydrogens is 288 g/mol. The monoisotopic (exact) mass is 300 g/mol. The Kier molecular flexibility index (Phi) is 4.85. The molecule has 1 atom stereocenters. The SMILES string of the molecule is C=CCCNC(=O)C(C#N)c1nc2ccccc2nc1Cl. The van der Waals surface area contributed by atoms with E-state index in [1.165, 1.54) is 0 Å². The topological polar surface area (TPSA) is 78.7 Å². The largest absolute Gasteiger partial charge is 0.354 e. The quantitative estimate of drug-likeness (QED) is 0.680. The number of nitrogens with zero attached hydrogens (tertiary/aromatic N) is 3. The number of benzene rings is 1. The average molecular weight is 301 g/mol. The Morgan fingerprint density at radius 2 is 2.10 bits per heavy atom. The van der Waals surface area contributed by atoms with E-state index in [0.29, 0.717) is 24.0 Å². The molecule has 0 spiro atoms. The van der Waals surface area contributed by atoms with Crippen LogP contribution in [0.15, 0.2) is 36.9 Å². The van der Waals surface area contributed by atoms with Gasteiger partial charge in [0.25, 0.3) is 0 Å². The molecule has 1 unspecified atom stereocenters. The summed E-state index contributed by atoms with van der Waals surface area (Å²) >= 11 is 6.06. The number of halogens is 1. The first-order valence-corrected chi connectivity index (χ1v) is 6.75. The van der Waals surface area contributed by atoms with E-state index < -0.39 is 11.8 Å². The molecule has 0 aliphatic heterocycles. The summed E-state index contributed by atoms with van der Waals surface area (Å²) in [7, 11) is 0. The smallest absolute Gasteiger partial charge is 0.243 e. The van der Waals surface area contributed by atoms with Gasteiger partial charge in [-0.3, -0.25) is 4.79 Å². The number of amides is 1. The van der Waals surface area contributed by atoms with Crippen LogP contribution >= 0.6 is 11.6 Å². The van der Waals surface area contributed by atoms with Gasteiger partial charge in [0, 0.05) is 6.54 Å². The molecule has 1 amide bonds. The Balaban J connectivity index is 2.33. The minimum atomic E-state index is -1.08. The molecule has 0 aliphatic rings. The lowest BCUT2D eigenvalue weighted by atomic mass is 10.1. The Morgan fingerprint density at radius 3 is 2.71 bits per heavy atom. The van der Waals surface area contributed by atoms with Crippen LogP contribution in [0.3, 0.4) is 0 Å². The van der Waals surface area contributed by atoms with Gasteiger partial charge >= 0.3 is 0 Å². The van der Waals surface area contributed by atoms with Crippen molar-refractivity contribution >= 4 is 28.5 Å². The van der Waals surface area contributed by atoms with Crippen LogP contribution in [-0.2, 0) is 4.79 Å². The highest BCUT2D eigenvalue weighted by molar-refractivity contribution is 6.30. The Hall–Kier alpha value is -2.45. The second-order valence-electron chi connectivity index (χ2n) is 4.32. The van der Waals surface area contributed by atoms with Gasteiger partial charge in [0.15, 0.2) is 11.1 Å². The lowest BCUT2D eigenvalue weighted by molar-refractivity contribution is -0.121. The first kappa shape index (κ1) is 14.9. The summed E-state index contributed by atoms with van der Waals surface area (Å²) in [5, 5.41) is 12.0.